The van der Waals surface area contributed by atoms with Gasteiger partial charge < -0.3 is 10.4 Å². The molecule has 0 saturated heterocycles. The topological polar surface area (TPSA) is 98.7 Å². The van der Waals surface area contributed by atoms with Gasteiger partial charge in [0.05, 0.1) is 13.0 Å². The minimum absolute atomic E-state index is 0.0461. The minimum Gasteiger partial charge on any atom is -0.481 e. The first-order valence-corrected chi connectivity index (χ1v) is 6.03. The van der Waals surface area contributed by atoms with Crippen LogP contribution in [0, 0.1) is 0 Å². The van der Waals surface area contributed by atoms with Crippen molar-refractivity contribution >= 4 is 23.6 Å². The number of carboxylic acid groups (broad SMARTS) is 1. The highest BCUT2D eigenvalue weighted by molar-refractivity contribution is 6.01. The smallest absolute Gasteiger partial charge is 0.325 e. The normalized spacial score (nSPS) is 10.1. The molecule has 0 unspecified atom stereocenters. The lowest BCUT2D eigenvalue weighted by atomic mass is 10.3. The lowest BCUT2D eigenvalue weighted by Gasteiger charge is -2.14. The van der Waals surface area contributed by atoms with Gasteiger partial charge in [0, 0.05) is 12.2 Å². The Hall–Kier alpha value is -2.41. The van der Waals surface area contributed by atoms with Crippen LogP contribution < -0.4 is 10.6 Å². The fourth-order valence-electron chi connectivity index (χ4n) is 1.46. The number of benzene rings is 1. The number of hydrogen-bond donors (Lipinski definition) is 3. The minimum atomic E-state index is -0.931. The number of carbonyl (C=O) groups excluding carboxylic acids is 2. The molecule has 0 fully saturated rings. The van der Waals surface area contributed by atoms with Gasteiger partial charge in [0.2, 0.25) is 5.91 Å². The van der Waals surface area contributed by atoms with Crippen LogP contribution in [0.1, 0.15) is 6.42 Å². The zero-order chi connectivity index (χ0) is 15.0. The SMILES string of the molecule is CN(CCC(=O)O)CC(=O)NC(=O)Nc1ccccc1. The maximum atomic E-state index is 11.5. The highest BCUT2D eigenvalue weighted by Crippen LogP contribution is 2.03. The van der Waals surface area contributed by atoms with E-state index in [4.69, 9.17) is 5.11 Å². The first-order valence-electron chi connectivity index (χ1n) is 6.03. The molecule has 0 bridgehead atoms. The lowest BCUT2D eigenvalue weighted by Crippen LogP contribution is -2.41. The summed E-state index contributed by atoms with van der Waals surface area (Å²) in [5.74, 6) is -1.43. The summed E-state index contributed by atoms with van der Waals surface area (Å²) in [4.78, 5) is 35.0. The van der Waals surface area contributed by atoms with Crippen LogP contribution >= 0.6 is 0 Å². The number of anilines is 1. The Bertz CT molecular complexity index is 476. The van der Waals surface area contributed by atoms with E-state index in [2.05, 4.69) is 10.6 Å². The number of nitrogens with zero attached hydrogens (tertiary/aromatic N) is 1. The lowest BCUT2D eigenvalue weighted by molar-refractivity contribution is -0.137. The second-order valence-electron chi connectivity index (χ2n) is 4.25. The van der Waals surface area contributed by atoms with E-state index in [0.29, 0.717) is 5.69 Å². The standard InChI is InChI=1S/C13H17N3O4/c1-16(8-7-12(18)19)9-11(17)15-13(20)14-10-5-3-2-4-6-10/h2-6H,7-9H2,1H3,(H,18,19)(H2,14,15,17,20). The van der Waals surface area contributed by atoms with Gasteiger partial charge in [-0.1, -0.05) is 18.2 Å². The predicted octanol–water partition coefficient (Wildman–Crippen LogP) is 0.741. The molecule has 7 heteroatoms. The second kappa shape index (κ2) is 7.90. The summed E-state index contributed by atoms with van der Waals surface area (Å²) in [6, 6.07) is 8.11. The number of aliphatic carboxylic acids is 1. The molecule has 7 nitrogen and oxygen atoms in total. The van der Waals surface area contributed by atoms with Crippen molar-refractivity contribution in [3.05, 3.63) is 30.3 Å². The summed E-state index contributed by atoms with van der Waals surface area (Å²) in [6.45, 7) is 0.193. The number of hydrogen-bond acceptors (Lipinski definition) is 4. The number of amides is 3. The van der Waals surface area contributed by atoms with Crippen LogP contribution in [0.4, 0.5) is 10.5 Å². The van der Waals surface area contributed by atoms with Crippen molar-refractivity contribution in [2.75, 3.05) is 25.5 Å². The van der Waals surface area contributed by atoms with E-state index >= 15 is 0 Å². The van der Waals surface area contributed by atoms with Crippen LogP contribution in [0.3, 0.4) is 0 Å². The Morgan fingerprint density at radius 1 is 1.20 bits per heavy atom. The molecular weight excluding hydrogens is 262 g/mol. The number of carbonyl (C=O) groups is 3. The van der Waals surface area contributed by atoms with Gasteiger partial charge in [-0.05, 0) is 19.2 Å². The summed E-state index contributed by atoms with van der Waals surface area (Å²) in [5.41, 5.74) is 0.581. The molecule has 3 amide bonds. The number of imide groups is 1. The zero-order valence-electron chi connectivity index (χ0n) is 11.1. The summed E-state index contributed by atoms with van der Waals surface area (Å²) < 4.78 is 0. The summed E-state index contributed by atoms with van der Waals surface area (Å²) in [5, 5.41) is 13.2. The van der Waals surface area contributed by atoms with Gasteiger partial charge in [-0.3, -0.25) is 19.8 Å². The molecular formula is C13H17N3O4. The van der Waals surface area contributed by atoms with Crippen LogP contribution in [0.2, 0.25) is 0 Å². The number of likely N-dealkylation sites (N-methyl/N-ethyl adjacent to an activating group) is 1. The van der Waals surface area contributed by atoms with Gasteiger partial charge >= 0.3 is 12.0 Å². The molecule has 0 aliphatic heterocycles. The van der Waals surface area contributed by atoms with Crippen molar-refractivity contribution in [1.82, 2.24) is 10.2 Å². The van der Waals surface area contributed by atoms with E-state index in [1.54, 1.807) is 31.3 Å². The van der Waals surface area contributed by atoms with E-state index in [0.717, 1.165) is 0 Å². The molecule has 3 N–H and O–H groups in total. The Kier molecular flexibility index (Phi) is 6.18. The van der Waals surface area contributed by atoms with E-state index in [1.807, 2.05) is 6.07 Å². The molecule has 1 aromatic rings. The second-order valence-corrected chi connectivity index (χ2v) is 4.25. The van der Waals surface area contributed by atoms with E-state index in [9.17, 15) is 14.4 Å². The third-order valence-electron chi connectivity index (χ3n) is 2.41. The van der Waals surface area contributed by atoms with Crippen molar-refractivity contribution < 1.29 is 19.5 Å². The fraction of sp³-hybridized carbons (Fsp3) is 0.308. The van der Waals surface area contributed by atoms with E-state index < -0.39 is 17.9 Å². The van der Waals surface area contributed by atoms with Crippen molar-refractivity contribution in [3.8, 4) is 0 Å². The Morgan fingerprint density at radius 3 is 2.45 bits per heavy atom. The fourth-order valence-corrected chi connectivity index (χ4v) is 1.46. The third kappa shape index (κ3) is 6.50. The molecule has 0 saturated carbocycles. The Morgan fingerprint density at radius 2 is 1.85 bits per heavy atom. The molecule has 0 aromatic heterocycles. The Labute approximate surface area is 116 Å². The quantitative estimate of drug-likeness (QED) is 0.713. The van der Waals surface area contributed by atoms with Crippen molar-refractivity contribution in [1.29, 1.82) is 0 Å². The first-order chi connectivity index (χ1) is 9.47. The van der Waals surface area contributed by atoms with Gasteiger partial charge in [-0.15, -0.1) is 0 Å². The average molecular weight is 279 g/mol. The third-order valence-corrected chi connectivity index (χ3v) is 2.41. The van der Waals surface area contributed by atoms with Gasteiger partial charge in [0.15, 0.2) is 0 Å². The number of nitrogens with one attached hydrogen (secondary N) is 2. The molecule has 0 spiro atoms. The van der Waals surface area contributed by atoms with Gasteiger partial charge in [-0.2, -0.15) is 0 Å². The van der Waals surface area contributed by atoms with Crippen LogP contribution in [-0.2, 0) is 9.59 Å². The number of carboxylic acids is 1. The van der Waals surface area contributed by atoms with Gasteiger partial charge in [0.25, 0.3) is 0 Å². The molecule has 1 aromatic carbocycles. The summed E-state index contributed by atoms with van der Waals surface area (Å²) in [6.07, 6.45) is -0.0556. The molecule has 20 heavy (non-hydrogen) atoms. The van der Waals surface area contributed by atoms with E-state index in [1.165, 1.54) is 4.90 Å². The Balaban J connectivity index is 2.31. The van der Waals surface area contributed by atoms with E-state index in [-0.39, 0.29) is 19.5 Å². The van der Waals surface area contributed by atoms with Crippen LogP contribution in [-0.4, -0.2) is 48.1 Å². The van der Waals surface area contributed by atoms with Crippen molar-refractivity contribution in [2.45, 2.75) is 6.42 Å². The van der Waals surface area contributed by atoms with Crippen LogP contribution in [0.15, 0.2) is 30.3 Å². The molecule has 0 aliphatic rings. The summed E-state index contributed by atoms with van der Waals surface area (Å²) >= 11 is 0. The first kappa shape index (κ1) is 15.6. The average Bonchev–Trinajstić information content (AvgIpc) is 2.37. The van der Waals surface area contributed by atoms with Gasteiger partial charge in [-0.25, -0.2) is 4.79 Å². The molecule has 0 radical (unpaired) electrons. The van der Waals surface area contributed by atoms with Crippen LogP contribution in [0.25, 0.3) is 0 Å². The molecule has 0 aliphatic carbocycles. The maximum absolute atomic E-state index is 11.5. The number of urea groups is 1. The van der Waals surface area contributed by atoms with Crippen LogP contribution in [0.5, 0.6) is 0 Å². The molecule has 108 valence electrons. The molecule has 1 rings (SSSR count). The van der Waals surface area contributed by atoms with Crippen molar-refractivity contribution in [2.24, 2.45) is 0 Å². The van der Waals surface area contributed by atoms with Gasteiger partial charge in [0.1, 0.15) is 0 Å². The van der Waals surface area contributed by atoms with Crippen molar-refractivity contribution in [3.63, 3.8) is 0 Å². The summed E-state index contributed by atoms with van der Waals surface area (Å²) in [7, 11) is 1.61. The number of para-hydroxylation sites is 1. The highest BCUT2D eigenvalue weighted by atomic mass is 16.4. The molecule has 0 atom stereocenters. The predicted molar refractivity (Wildman–Crippen MR) is 73.4 cm³/mol. The zero-order valence-corrected chi connectivity index (χ0v) is 11.1. The largest absolute Gasteiger partial charge is 0.481 e. The monoisotopic (exact) mass is 279 g/mol. The molecule has 0 heterocycles. The maximum Gasteiger partial charge on any atom is 0.325 e. The highest BCUT2D eigenvalue weighted by Gasteiger charge is 2.11. The number of rotatable bonds is 6.